The lowest BCUT2D eigenvalue weighted by atomic mass is 10.2. The number of hydrogen-bond acceptors (Lipinski definition) is 5. The molecule has 106 valence electrons. The Morgan fingerprint density at radius 1 is 1.20 bits per heavy atom. The van der Waals surface area contributed by atoms with Gasteiger partial charge in [-0.3, -0.25) is 10.6 Å². The zero-order chi connectivity index (χ0) is 14.8. The van der Waals surface area contributed by atoms with E-state index in [2.05, 4.69) is 15.1 Å². The normalized spacial score (nSPS) is 11.2. The summed E-state index contributed by atoms with van der Waals surface area (Å²) in [5.74, 6) is 5.29. The number of rotatable bonds is 4. The van der Waals surface area contributed by atoms with E-state index in [9.17, 15) is 8.42 Å². The van der Waals surface area contributed by atoms with Gasteiger partial charge >= 0.3 is 0 Å². The van der Waals surface area contributed by atoms with Crippen LogP contribution in [0.25, 0.3) is 0 Å². The Hall–Kier alpha value is -1.83. The molecule has 0 fully saturated rings. The lowest BCUT2D eigenvalue weighted by Crippen LogP contribution is -2.19. The lowest BCUT2D eigenvalue weighted by Gasteiger charge is -2.12. The average molecular weight is 313 g/mol. The van der Waals surface area contributed by atoms with E-state index in [0.29, 0.717) is 16.3 Å². The smallest absolute Gasteiger partial charge is 0.281 e. The summed E-state index contributed by atoms with van der Waals surface area (Å²) >= 11 is 5.96. The Kier molecular flexibility index (Phi) is 4.12. The number of nitrogens with zero attached hydrogens (tertiary/aromatic N) is 1. The standard InChI is InChI=1S/C12H13ClN4O2S/c1-8-9(13)4-2-5-10(8)17-20(18,19)12-11(16-14)6-3-7-15-12/h2-7,16-17H,14H2,1H3. The molecule has 2 rings (SSSR count). The van der Waals surface area contributed by atoms with Gasteiger partial charge in [0, 0.05) is 11.2 Å². The van der Waals surface area contributed by atoms with Crippen LogP contribution in [0.3, 0.4) is 0 Å². The summed E-state index contributed by atoms with van der Waals surface area (Å²) in [5, 5.41) is 0.297. The van der Waals surface area contributed by atoms with Crippen LogP contribution in [-0.4, -0.2) is 13.4 Å². The largest absolute Gasteiger partial charge is 0.321 e. The van der Waals surface area contributed by atoms with E-state index in [-0.39, 0.29) is 10.7 Å². The molecule has 0 unspecified atom stereocenters. The van der Waals surface area contributed by atoms with Crippen LogP contribution in [0.15, 0.2) is 41.6 Å². The van der Waals surface area contributed by atoms with Crippen molar-refractivity contribution in [1.82, 2.24) is 4.98 Å². The molecular formula is C12H13ClN4O2S. The molecule has 1 heterocycles. The summed E-state index contributed by atoms with van der Waals surface area (Å²) < 4.78 is 27.1. The van der Waals surface area contributed by atoms with Crippen LogP contribution < -0.4 is 16.0 Å². The minimum Gasteiger partial charge on any atom is -0.321 e. The number of aromatic nitrogens is 1. The van der Waals surface area contributed by atoms with Gasteiger partial charge in [-0.2, -0.15) is 8.42 Å². The fourth-order valence-electron chi connectivity index (χ4n) is 1.63. The van der Waals surface area contributed by atoms with Crippen LogP contribution >= 0.6 is 11.6 Å². The molecule has 0 aliphatic heterocycles. The van der Waals surface area contributed by atoms with E-state index in [1.54, 1.807) is 31.2 Å². The molecule has 8 heteroatoms. The fourth-order valence-corrected chi connectivity index (χ4v) is 3.02. The second-order valence-corrected chi connectivity index (χ2v) is 6.02. The third-order valence-electron chi connectivity index (χ3n) is 2.69. The maximum Gasteiger partial charge on any atom is 0.281 e. The van der Waals surface area contributed by atoms with E-state index in [4.69, 9.17) is 17.4 Å². The van der Waals surface area contributed by atoms with Gasteiger partial charge < -0.3 is 5.43 Å². The highest BCUT2D eigenvalue weighted by Crippen LogP contribution is 2.26. The Morgan fingerprint density at radius 3 is 2.60 bits per heavy atom. The zero-order valence-electron chi connectivity index (χ0n) is 10.6. The van der Waals surface area contributed by atoms with Crippen molar-refractivity contribution >= 4 is 33.0 Å². The molecule has 1 aromatic carbocycles. The highest BCUT2D eigenvalue weighted by atomic mass is 35.5. The van der Waals surface area contributed by atoms with Gasteiger partial charge in [-0.25, -0.2) is 4.98 Å². The molecule has 1 aromatic heterocycles. The van der Waals surface area contributed by atoms with E-state index in [1.807, 2.05) is 0 Å². The van der Waals surface area contributed by atoms with Crippen LogP contribution in [0.5, 0.6) is 0 Å². The van der Waals surface area contributed by atoms with E-state index >= 15 is 0 Å². The first kappa shape index (κ1) is 14.6. The number of halogens is 1. The third kappa shape index (κ3) is 2.84. The van der Waals surface area contributed by atoms with Crippen LogP contribution in [0, 0.1) is 6.92 Å². The average Bonchev–Trinajstić information content (AvgIpc) is 2.43. The number of hydrazine groups is 1. The number of nitrogens with one attached hydrogen (secondary N) is 2. The van der Waals surface area contributed by atoms with E-state index in [0.717, 1.165) is 0 Å². The number of pyridine rings is 1. The van der Waals surface area contributed by atoms with Gasteiger partial charge in [0.2, 0.25) is 5.03 Å². The molecular weight excluding hydrogens is 300 g/mol. The molecule has 0 radical (unpaired) electrons. The van der Waals surface area contributed by atoms with Gasteiger partial charge in [0.1, 0.15) is 0 Å². The molecule has 4 N–H and O–H groups in total. The molecule has 0 amide bonds. The Morgan fingerprint density at radius 2 is 1.90 bits per heavy atom. The van der Waals surface area contributed by atoms with Gasteiger partial charge in [-0.05, 0) is 36.8 Å². The van der Waals surface area contributed by atoms with Crippen molar-refractivity contribution in [3.8, 4) is 0 Å². The lowest BCUT2D eigenvalue weighted by molar-refractivity contribution is 0.598. The van der Waals surface area contributed by atoms with Crippen LogP contribution in [0.4, 0.5) is 11.4 Å². The molecule has 20 heavy (non-hydrogen) atoms. The van der Waals surface area contributed by atoms with Gasteiger partial charge in [0.05, 0.1) is 11.4 Å². The van der Waals surface area contributed by atoms with Crippen LogP contribution in [0.1, 0.15) is 5.56 Å². The number of nitrogens with two attached hydrogens (primary N) is 1. The molecule has 0 atom stereocenters. The maximum atomic E-state index is 12.3. The van der Waals surface area contributed by atoms with Crippen molar-refractivity contribution in [3.05, 3.63) is 47.1 Å². The third-order valence-corrected chi connectivity index (χ3v) is 4.43. The van der Waals surface area contributed by atoms with Crippen molar-refractivity contribution in [3.63, 3.8) is 0 Å². The Bertz CT molecular complexity index is 734. The SMILES string of the molecule is Cc1c(Cl)cccc1NS(=O)(=O)c1ncccc1NN. The number of sulfonamides is 1. The minimum absolute atomic E-state index is 0.179. The highest BCUT2D eigenvalue weighted by Gasteiger charge is 2.21. The molecule has 2 aromatic rings. The molecule has 0 saturated heterocycles. The molecule has 0 saturated carbocycles. The zero-order valence-corrected chi connectivity index (χ0v) is 12.2. The summed E-state index contributed by atoms with van der Waals surface area (Å²) in [6, 6.07) is 8.07. The molecule has 0 aliphatic carbocycles. The first-order valence-corrected chi connectivity index (χ1v) is 7.51. The molecule has 0 spiro atoms. The number of benzene rings is 1. The van der Waals surface area contributed by atoms with Crippen molar-refractivity contribution < 1.29 is 8.42 Å². The van der Waals surface area contributed by atoms with Crippen molar-refractivity contribution in [1.29, 1.82) is 0 Å². The summed E-state index contributed by atoms with van der Waals surface area (Å²) in [6.07, 6.45) is 1.38. The van der Waals surface area contributed by atoms with Gasteiger partial charge in [0.15, 0.2) is 0 Å². The van der Waals surface area contributed by atoms with Crippen molar-refractivity contribution in [2.45, 2.75) is 11.9 Å². The number of hydrogen-bond donors (Lipinski definition) is 3. The number of anilines is 2. The van der Waals surface area contributed by atoms with E-state index < -0.39 is 10.0 Å². The summed E-state index contributed by atoms with van der Waals surface area (Å²) in [6.45, 7) is 1.72. The van der Waals surface area contributed by atoms with Crippen LogP contribution in [0.2, 0.25) is 5.02 Å². The fraction of sp³-hybridized carbons (Fsp3) is 0.0833. The van der Waals surface area contributed by atoms with Gasteiger partial charge in [-0.1, -0.05) is 17.7 Å². The monoisotopic (exact) mass is 312 g/mol. The first-order valence-electron chi connectivity index (χ1n) is 5.65. The van der Waals surface area contributed by atoms with Crippen molar-refractivity contribution in [2.75, 3.05) is 10.1 Å². The topological polar surface area (TPSA) is 97.1 Å². The van der Waals surface area contributed by atoms with Crippen LogP contribution in [-0.2, 0) is 10.0 Å². The first-order chi connectivity index (χ1) is 9.45. The molecule has 6 nitrogen and oxygen atoms in total. The summed E-state index contributed by atoms with van der Waals surface area (Å²) in [7, 11) is -3.86. The second kappa shape index (κ2) is 5.66. The summed E-state index contributed by atoms with van der Waals surface area (Å²) in [5.41, 5.74) is 3.54. The Labute approximate surface area is 122 Å². The predicted octanol–water partition coefficient (Wildman–Crippen LogP) is 2.13. The predicted molar refractivity (Wildman–Crippen MR) is 79.0 cm³/mol. The highest BCUT2D eigenvalue weighted by molar-refractivity contribution is 7.92. The van der Waals surface area contributed by atoms with Crippen molar-refractivity contribution in [2.24, 2.45) is 5.84 Å². The quantitative estimate of drug-likeness (QED) is 0.593. The number of nitrogen functional groups attached to an aromatic ring is 1. The molecule has 0 aliphatic rings. The maximum absolute atomic E-state index is 12.3. The summed E-state index contributed by atoms with van der Waals surface area (Å²) in [4.78, 5) is 3.84. The van der Waals surface area contributed by atoms with Gasteiger partial charge in [0.25, 0.3) is 10.0 Å². The minimum atomic E-state index is -3.86. The molecule has 0 bridgehead atoms. The second-order valence-electron chi connectivity index (χ2n) is 4.02. The van der Waals surface area contributed by atoms with E-state index in [1.165, 1.54) is 12.3 Å². The van der Waals surface area contributed by atoms with Gasteiger partial charge in [-0.15, -0.1) is 0 Å². The Balaban J connectivity index is 2.44.